The molecule has 3 atom stereocenters. The quantitative estimate of drug-likeness (QED) is 0.517. The second-order valence-electron chi connectivity index (χ2n) is 9.49. The lowest BCUT2D eigenvalue weighted by Crippen LogP contribution is -2.49. The lowest BCUT2D eigenvalue weighted by molar-refractivity contribution is 0.0325. The molecule has 0 unspecified atom stereocenters. The van der Waals surface area contributed by atoms with Crippen molar-refractivity contribution in [3.63, 3.8) is 0 Å². The fourth-order valence-electron chi connectivity index (χ4n) is 4.44. The van der Waals surface area contributed by atoms with Crippen molar-refractivity contribution in [1.82, 2.24) is 19.8 Å². The molecule has 0 bridgehead atoms. The molecule has 4 rings (SSSR count). The molecular weight excluding hydrogens is 456 g/mol. The molecule has 1 aromatic carbocycles. The highest BCUT2D eigenvalue weighted by atomic mass is 16.5. The first-order valence-corrected chi connectivity index (χ1v) is 12.2. The largest absolute Gasteiger partial charge is 0.497 e. The molecule has 8 nitrogen and oxygen atoms in total. The van der Waals surface area contributed by atoms with Gasteiger partial charge in [-0.15, -0.1) is 0 Å². The Kier molecular flexibility index (Phi) is 8.18. The van der Waals surface area contributed by atoms with Crippen LogP contribution in [0.4, 0.5) is 0 Å². The number of aliphatic hydroxyl groups excluding tert-OH is 1. The smallest absolute Gasteiger partial charge is 0.259 e. The van der Waals surface area contributed by atoms with E-state index in [4.69, 9.17) is 9.47 Å². The molecule has 1 aliphatic rings. The monoisotopic (exact) mass is 490 g/mol. The molecule has 3 heterocycles. The van der Waals surface area contributed by atoms with Gasteiger partial charge in [0.2, 0.25) is 5.88 Å². The Labute approximate surface area is 212 Å². The lowest BCUT2D eigenvalue weighted by Gasteiger charge is -2.37. The molecular formula is C28H34N4O4. The van der Waals surface area contributed by atoms with Gasteiger partial charge in [-0.3, -0.25) is 14.7 Å². The van der Waals surface area contributed by atoms with Crippen molar-refractivity contribution in [2.75, 3.05) is 33.9 Å². The van der Waals surface area contributed by atoms with Crippen molar-refractivity contribution in [3.8, 4) is 22.8 Å². The minimum atomic E-state index is -0.329. The number of aromatic nitrogens is 2. The summed E-state index contributed by atoms with van der Waals surface area (Å²) in [6.07, 6.45) is 5.16. The van der Waals surface area contributed by atoms with Crippen LogP contribution < -0.4 is 9.47 Å². The number of hydrogen-bond acceptors (Lipinski definition) is 7. The standard InChI is InChI=1S/C28H34N4O4/c1-19-15-32(20(2)18-33)28(34)25-12-23(22-7-9-24(35-4)10-8-22)14-30-27(25)36-26(19)17-31(3)16-21-6-5-11-29-13-21/h5-14,19-20,26,33H,15-18H2,1-4H3/t19-,20-,26+/m0/s1. The highest BCUT2D eigenvalue weighted by molar-refractivity contribution is 5.98. The van der Waals surface area contributed by atoms with Crippen LogP contribution in [0.3, 0.4) is 0 Å². The lowest BCUT2D eigenvalue weighted by atomic mass is 9.99. The number of nitrogens with zero attached hydrogens (tertiary/aromatic N) is 4. The summed E-state index contributed by atoms with van der Waals surface area (Å²) < 4.78 is 11.7. The third-order valence-electron chi connectivity index (χ3n) is 6.61. The summed E-state index contributed by atoms with van der Waals surface area (Å²) in [6.45, 7) is 5.66. The average Bonchev–Trinajstić information content (AvgIpc) is 2.90. The second-order valence-corrected chi connectivity index (χ2v) is 9.49. The summed E-state index contributed by atoms with van der Waals surface area (Å²) >= 11 is 0. The summed E-state index contributed by atoms with van der Waals surface area (Å²) in [7, 11) is 3.67. The van der Waals surface area contributed by atoms with Crippen molar-refractivity contribution in [2.45, 2.75) is 32.5 Å². The van der Waals surface area contributed by atoms with Crippen LogP contribution in [-0.4, -0.2) is 76.8 Å². The minimum Gasteiger partial charge on any atom is -0.497 e. The van der Waals surface area contributed by atoms with E-state index in [2.05, 4.69) is 21.8 Å². The zero-order valence-electron chi connectivity index (χ0n) is 21.3. The Morgan fingerprint density at radius 2 is 2.00 bits per heavy atom. The van der Waals surface area contributed by atoms with E-state index >= 15 is 0 Å². The molecule has 1 aliphatic heterocycles. The molecule has 1 amide bonds. The van der Waals surface area contributed by atoms with Crippen molar-refractivity contribution in [2.24, 2.45) is 5.92 Å². The number of benzene rings is 1. The van der Waals surface area contributed by atoms with E-state index in [9.17, 15) is 9.90 Å². The van der Waals surface area contributed by atoms with Crippen molar-refractivity contribution >= 4 is 5.91 Å². The van der Waals surface area contributed by atoms with Crippen LogP contribution in [-0.2, 0) is 6.54 Å². The van der Waals surface area contributed by atoms with Gasteiger partial charge in [0.05, 0.1) is 19.8 Å². The molecule has 0 spiro atoms. The third-order valence-corrected chi connectivity index (χ3v) is 6.61. The predicted octanol–water partition coefficient (Wildman–Crippen LogP) is 3.50. The summed E-state index contributed by atoms with van der Waals surface area (Å²) in [5.41, 5.74) is 3.25. The first-order chi connectivity index (χ1) is 17.4. The van der Waals surface area contributed by atoms with E-state index in [0.29, 0.717) is 24.5 Å². The van der Waals surface area contributed by atoms with Crippen molar-refractivity contribution in [1.29, 1.82) is 0 Å². The normalized spacial score (nSPS) is 18.7. The number of pyridine rings is 2. The Balaban J connectivity index is 1.65. The summed E-state index contributed by atoms with van der Waals surface area (Å²) in [4.78, 5) is 26.4. The number of rotatable bonds is 8. The summed E-state index contributed by atoms with van der Waals surface area (Å²) in [5, 5.41) is 9.89. The Morgan fingerprint density at radius 3 is 2.67 bits per heavy atom. The Bertz CT molecular complexity index is 1160. The van der Waals surface area contributed by atoms with Crippen molar-refractivity contribution < 1.29 is 19.4 Å². The van der Waals surface area contributed by atoms with Gasteiger partial charge in [0.1, 0.15) is 17.4 Å². The van der Waals surface area contributed by atoms with Crippen LogP contribution in [0.2, 0.25) is 0 Å². The SMILES string of the molecule is COc1ccc(-c2cnc3c(c2)C(=O)N([C@@H](C)CO)C[C@H](C)[C@@H](CN(C)Cc2cccnc2)O3)cc1. The zero-order valence-corrected chi connectivity index (χ0v) is 21.3. The molecule has 190 valence electrons. The molecule has 0 radical (unpaired) electrons. The second kappa shape index (κ2) is 11.5. The predicted molar refractivity (Wildman–Crippen MR) is 138 cm³/mol. The van der Waals surface area contributed by atoms with Gasteiger partial charge in [0.15, 0.2) is 0 Å². The van der Waals surface area contributed by atoms with E-state index in [1.165, 1.54) is 0 Å². The molecule has 0 saturated carbocycles. The maximum atomic E-state index is 13.6. The number of carbonyl (C=O) groups excluding carboxylic acids is 1. The topological polar surface area (TPSA) is 88.0 Å². The van der Waals surface area contributed by atoms with Gasteiger partial charge in [-0.05, 0) is 49.4 Å². The zero-order chi connectivity index (χ0) is 25.7. The Morgan fingerprint density at radius 1 is 1.22 bits per heavy atom. The average molecular weight is 491 g/mol. The van der Waals surface area contributed by atoms with Gasteiger partial charge in [-0.2, -0.15) is 0 Å². The van der Waals surface area contributed by atoms with Crippen molar-refractivity contribution in [3.05, 3.63) is 72.2 Å². The van der Waals surface area contributed by atoms with Gasteiger partial charge in [0, 0.05) is 49.7 Å². The minimum absolute atomic E-state index is 0.0236. The van der Waals surface area contributed by atoms with E-state index in [1.807, 2.05) is 62.6 Å². The van der Waals surface area contributed by atoms with E-state index in [-0.39, 0.29) is 30.6 Å². The molecule has 8 heteroatoms. The number of carbonyl (C=O) groups is 1. The van der Waals surface area contributed by atoms with Gasteiger partial charge in [0.25, 0.3) is 5.91 Å². The fraction of sp³-hybridized carbons (Fsp3) is 0.393. The van der Waals surface area contributed by atoms with Crippen LogP contribution in [0, 0.1) is 5.92 Å². The van der Waals surface area contributed by atoms with Gasteiger partial charge in [-0.1, -0.05) is 25.1 Å². The molecule has 2 aromatic heterocycles. The maximum Gasteiger partial charge on any atom is 0.259 e. The number of ether oxygens (including phenoxy) is 2. The highest BCUT2D eigenvalue weighted by Gasteiger charge is 2.34. The summed E-state index contributed by atoms with van der Waals surface area (Å²) in [6, 6.07) is 13.1. The van der Waals surface area contributed by atoms with Crippen LogP contribution in [0.5, 0.6) is 11.6 Å². The number of likely N-dealkylation sites (N-methyl/N-ethyl adjacent to an activating group) is 1. The Hall–Kier alpha value is -3.49. The third kappa shape index (κ3) is 5.83. The number of methoxy groups -OCH3 is 1. The maximum absolute atomic E-state index is 13.6. The number of fused-ring (bicyclic) bond motifs is 1. The number of hydrogen-bond donors (Lipinski definition) is 1. The molecule has 1 N–H and O–H groups in total. The number of amides is 1. The fourth-order valence-corrected chi connectivity index (χ4v) is 4.44. The van der Waals surface area contributed by atoms with Crippen LogP contribution in [0.1, 0.15) is 29.8 Å². The number of aliphatic hydroxyl groups is 1. The molecule has 36 heavy (non-hydrogen) atoms. The first-order valence-electron chi connectivity index (χ1n) is 12.2. The molecule has 0 aliphatic carbocycles. The molecule has 0 saturated heterocycles. The van der Waals surface area contributed by atoms with E-state index in [0.717, 1.165) is 29.0 Å². The highest BCUT2D eigenvalue weighted by Crippen LogP contribution is 2.31. The van der Waals surface area contributed by atoms with E-state index in [1.54, 1.807) is 24.4 Å². The molecule has 0 fully saturated rings. The van der Waals surface area contributed by atoms with Crippen LogP contribution in [0.15, 0.2) is 61.1 Å². The van der Waals surface area contributed by atoms with Crippen LogP contribution >= 0.6 is 0 Å². The van der Waals surface area contributed by atoms with Gasteiger partial charge < -0.3 is 19.5 Å². The molecule has 3 aromatic rings. The summed E-state index contributed by atoms with van der Waals surface area (Å²) in [5.74, 6) is 0.908. The van der Waals surface area contributed by atoms with Gasteiger partial charge >= 0.3 is 0 Å². The van der Waals surface area contributed by atoms with Gasteiger partial charge in [-0.25, -0.2) is 4.98 Å². The van der Waals surface area contributed by atoms with E-state index < -0.39 is 0 Å². The first kappa shape index (κ1) is 25.6. The van der Waals surface area contributed by atoms with Crippen LogP contribution in [0.25, 0.3) is 11.1 Å².